The number of pyridine rings is 1. The number of aromatic nitrogens is 1. The largest absolute Gasteiger partial charge is 0.481 e. The third-order valence-electron chi connectivity index (χ3n) is 5.46. The lowest BCUT2D eigenvalue weighted by atomic mass is 9.80. The highest BCUT2D eigenvalue weighted by atomic mass is 16.6. The molecule has 3 N–H and O–H groups in total. The first-order valence-corrected chi connectivity index (χ1v) is 9.74. The van der Waals surface area contributed by atoms with Gasteiger partial charge in [0, 0.05) is 29.2 Å². The van der Waals surface area contributed by atoms with Crippen LogP contribution in [0.4, 0.5) is 0 Å². The number of aryl methyl sites for hydroxylation is 1. The maximum atomic E-state index is 9.93. The molecule has 2 aromatic rings. The Kier molecular flexibility index (Phi) is 6.18. The molecule has 0 fully saturated rings. The second-order valence-electron chi connectivity index (χ2n) is 7.69. The van der Waals surface area contributed by atoms with Crippen molar-refractivity contribution < 1.29 is 14.6 Å². The molecule has 3 rings (SSSR count). The highest BCUT2D eigenvalue weighted by molar-refractivity contribution is 5.81. The number of aliphatic hydroxyl groups excluding tert-OH is 1. The zero-order chi connectivity index (χ0) is 20.3. The van der Waals surface area contributed by atoms with Crippen LogP contribution in [0.5, 0.6) is 5.88 Å². The molecule has 0 radical (unpaired) electrons. The first-order chi connectivity index (χ1) is 13.4. The Labute approximate surface area is 166 Å². The molecular formula is C23H30N2O3. The average molecular weight is 383 g/mol. The van der Waals surface area contributed by atoms with Gasteiger partial charge in [-0.2, -0.15) is 0 Å². The molecule has 0 spiro atoms. The molecule has 3 atom stereocenters. The van der Waals surface area contributed by atoms with Crippen molar-refractivity contribution in [3.63, 3.8) is 0 Å². The Bertz CT molecular complexity index is 902. The summed E-state index contributed by atoms with van der Waals surface area (Å²) in [6, 6.07) is 8.36. The fraction of sp³-hybridized carbons (Fsp3) is 0.435. The number of hydrogen-bond donors (Lipinski definition) is 2. The van der Waals surface area contributed by atoms with E-state index in [0.29, 0.717) is 5.88 Å². The Hall–Kier alpha value is -2.21. The van der Waals surface area contributed by atoms with Crippen molar-refractivity contribution in [1.29, 1.82) is 0 Å². The number of aliphatic hydroxyl groups is 1. The summed E-state index contributed by atoms with van der Waals surface area (Å²) in [5.74, 6) is 0.907. The normalized spacial score (nSPS) is 19.9. The predicted octanol–water partition coefficient (Wildman–Crippen LogP) is 3.84. The summed E-state index contributed by atoms with van der Waals surface area (Å²) in [4.78, 5) is 4.68. The third-order valence-corrected chi connectivity index (χ3v) is 5.46. The van der Waals surface area contributed by atoms with E-state index in [4.69, 9.17) is 15.2 Å². The van der Waals surface area contributed by atoms with Gasteiger partial charge in [-0.1, -0.05) is 37.3 Å². The minimum atomic E-state index is -0.895. The summed E-state index contributed by atoms with van der Waals surface area (Å²) < 4.78 is 10.5. The van der Waals surface area contributed by atoms with E-state index in [2.05, 4.69) is 48.3 Å². The van der Waals surface area contributed by atoms with E-state index in [0.717, 1.165) is 46.9 Å². The highest BCUT2D eigenvalue weighted by Gasteiger charge is 2.27. The highest BCUT2D eigenvalue weighted by Crippen LogP contribution is 2.33. The number of nitrogens with zero attached hydrogens (tertiary/aromatic N) is 1. The number of rotatable bonds is 7. The fourth-order valence-corrected chi connectivity index (χ4v) is 3.86. The van der Waals surface area contributed by atoms with Crippen molar-refractivity contribution in [1.82, 2.24) is 4.98 Å². The van der Waals surface area contributed by atoms with Gasteiger partial charge in [-0.3, -0.25) is 0 Å². The lowest BCUT2D eigenvalue weighted by molar-refractivity contribution is -0.0427. The molecule has 1 aliphatic rings. The number of ether oxygens (including phenoxy) is 2. The van der Waals surface area contributed by atoms with Crippen molar-refractivity contribution in [2.24, 2.45) is 11.7 Å². The van der Waals surface area contributed by atoms with Gasteiger partial charge in [0.1, 0.15) is 0 Å². The van der Waals surface area contributed by atoms with Crippen molar-refractivity contribution in [2.75, 3.05) is 14.2 Å². The number of benzene rings is 1. The first-order valence-electron chi connectivity index (χ1n) is 9.74. The molecule has 0 saturated carbocycles. The van der Waals surface area contributed by atoms with Crippen LogP contribution in [0.2, 0.25) is 0 Å². The van der Waals surface area contributed by atoms with Gasteiger partial charge in [-0.25, -0.2) is 4.98 Å². The first kappa shape index (κ1) is 20.5. The summed E-state index contributed by atoms with van der Waals surface area (Å²) in [7, 11) is 3.15. The van der Waals surface area contributed by atoms with Gasteiger partial charge in [0.25, 0.3) is 0 Å². The van der Waals surface area contributed by atoms with Crippen LogP contribution in [0, 0.1) is 5.92 Å². The van der Waals surface area contributed by atoms with E-state index in [-0.39, 0.29) is 5.92 Å². The van der Waals surface area contributed by atoms with Gasteiger partial charge in [-0.05, 0) is 49.8 Å². The third kappa shape index (κ3) is 4.27. The van der Waals surface area contributed by atoms with Crippen LogP contribution in [0.3, 0.4) is 0 Å². The molecule has 28 heavy (non-hydrogen) atoms. The smallest absolute Gasteiger partial charge is 0.216 e. The topological polar surface area (TPSA) is 77.6 Å². The zero-order valence-electron chi connectivity index (χ0n) is 17.1. The van der Waals surface area contributed by atoms with E-state index in [9.17, 15) is 5.11 Å². The number of methoxy groups -OCH3 is 2. The molecule has 0 aliphatic heterocycles. The lowest BCUT2D eigenvalue weighted by Crippen LogP contribution is -2.35. The predicted molar refractivity (Wildman–Crippen MR) is 112 cm³/mol. The molecule has 1 aromatic heterocycles. The molecule has 5 nitrogen and oxygen atoms in total. The summed E-state index contributed by atoms with van der Waals surface area (Å²) in [6.07, 6.45) is 7.68. The molecule has 1 aliphatic carbocycles. The number of allylic oxidation sites excluding steroid dienone is 2. The van der Waals surface area contributed by atoms with E-state index < -0.39 is 11.8 Å². The molecular weight excluding hydrogens is 352 g/mol. The minimum Gasteiger partial charge on any atom is -0.481 e. The molecule has 0 amide bonds. The maximum Gasteiger partial charge on any atom is 0.216 e. The average Bonchev–Trinajstić information content (AvgIpc) is 2.71. The van der Waals surface area contributed by atoms with Crippen LogP contribution >= 0.6 is 0 Å². The standard InChI is InChI=1S/C23H30N2O3/c1-5-16-12-17-9-10-19(13-20(17)25-21(16)27-3)23(2,24)14-15-7-6-8-18(11-15)22(26)28-4/h6,8-13,15,22,26H,5,7,14,24H2,1-4H3. The quantitative estimate of drug-likeness (QED) is 0.712. The molecule has 1 aromatic carbocycles. The van der Waals surface area contributed by atoms with Crippen LogP contribution < -0.4 is 10.5 Å². The Morgan fingerprint density at radius 3 is 2.79 bits per heavy atom. The van der Waals surface area contributed by atoms with Crippen molar-refractivity contribution >= 4 is 10.9 Å². The number of fused-ring (bicyclic) bond motifs is 1. The van der Waals surface area contributed by atoms with Gasteiger partial charge in [0.05, 0.1) is 12.6 Å². The van der Waals surface area contributed by atoms with E-state index in [1.165, 1.54) is 7.11 Å². The van der Waals surface area contributed by atoms with E-state index >= 15 is 0 Å². The summed E-state index contributed by atoms with van der Waals surface area (Å²) in [5, 5.41) is 11.0. The van der Waals surface area contributed by atoms with Gasteiger partial charge in [-0.15, -0.1) is 0 Å². The van der Waals surface area contributed by atoms with Crippen LogP contribution in [0.15, 0.2) is 48.1 Å². The summed E-state index contributed by atoms with van der Waals surface area (Å²) >= 11 is 0. The van der Waals surface area contributed by atoms with Gasteiger partial charge in [0.2, 0.25) is 5.88 Å². The maximum absolute atomic E-state index is 9.93. The van der Waals surface area contributed by atoms with E-state index in [1.54, 1.807) is 7.11 Å². The van der Waals surface area contributed by atoms with Crippen molar-refractivity contribution in [2.45, 2.75) is 44.9 Å². The fourth-order valence-electron chi connectivity index (χ4n) is 3.86. The van der Waals surface area contributed by atoms with Crippen molar-refractivity contribution in [3.05, 3.63) is 59.2 Å². The molecule has 1 heterocycles. The molecule has 0 bridgehead atoms. The van der Waals surface area contributed by atoms with Crippen LogP contribution in [-0.4, -0.2) is 30.6 Å². The zero-order valence-corrected chi connectivity index (χ0v) is 17.1. The Balaban J connectivity index is 1.88. The van der Waals surface area contributed by atoms with Crippen molar-refractivity contribution in [3.8, 4) is 5.88 Å². The van der Waals surface area contributed by atoms with Gasteiger partial charge >= 0.3 is 0 Å². The van der Waals surface area contributed by atoms with Gasteiger partial charge < -0.3 is 20.3 Å². The second-order valence-corrected chi connectivity index (χ2v) is 7.69. The number of hydrogen-bond acceptors (Lipinski definition) is 5. The minimum absolute atomic E-state index is 0.237. The molecule has 150 valence electrons. The molecule has 0 saturated heterocycles. The Morgan fingerprint density at radius 1 is 1.32 bits per heavy atom. The van der Waals surface area contributed by atoms with Gasteiger partial charge in [0.15, 0.2) is 6.29 Å². The SMILES string of the molecule is CCc1cc2ccc(C(C)(N)CC3C=C(C(O)OC)C=CC3)cc2nc1OC. The van der Waals surface area contributed by atoms with E-state index in [1.807, 2.05) is 13.0 Å². The van der Waals surface area contributed by atoms with Crippen LogP contribution in [0.25, 0.3) is 10.9 Å². The van der Waals surface area contributed by atoms with Crippen LogP contribution in [0.1, 0.15) is 37.8 Å². The molecule has 3 unspecified atom stereocenters. The molecule has 5 heteroatoms. The number of nitrogens with two attached hydrogens (primary N) is 1. The summed E-state index contributed by atoms with van der Waals surface area (Å²) in [6.45, 7) is 4.14. The second kappa shape index (κ2) is 8.43. The Morgan fingerprint density at radius 2 is 2.11 bits per heavy atom. The summed E-state index contributed by atoms with van der Waals surface area (Å²) in [5.41, 5.74) is 10.0. The van der Waals surface area contributed by atoms with Crippen LogP contribution in [-0.2, 0) is 16.7 Å². The monoisotopic (exact) mass is 382 g/mol. The lowest BCUT2D eigenvalue weighted by Gasteiger charge is -2.30.